The number of ether oxygens (including phenoxy) is 2. The minimum Gasteiger partial charge on any atom is -0.490 e. The lowest BCUT2D eigenvalue weighted by molar-refractivity contribution is -0.151. The molecule has 0 N–H and O–H groups in total. The Hall–Kier alpha value is -1.59. The van der Waals surface area contributed by atoms with Crippen LogP contribution in [0, 0.1) is 0 Å². The molecule has 0 aliphatic carbocycles. The van der Waals surface area contributed by atoms with E-state index >= 15 is 0 Å². The lowest BCUT2D eigenvalue weighted by Crippen LogP contribution is -2.59. The van der Waals surface area contributed by atoms with Crippen molar-refractivity contribution in [2.45, 2.75) is 16.9 Å². The number of sulfonamides is 1. The summed E-state index contributed by atoms with van der Waals surface area (Å²) in [5.74, 6) is 0.389. The number of amides is 1. The normalized spacial score (nSPS) is 21.9. The molecule has 0 aromatic heterocycles. The molecular weight excluding hydrogens is 549 g/mol. The van der Waals surface area contributed by atoms with Crippen LogP contribution in [0.3, 0.4) is 0 Å². The summed E-state index contributed by atoms with van der Waals surface area (Å²) in [5.41, 5.74) is -1.20. The summed E-state index contributed by atoms with van der Waals surface area (Å²) in [6.45, 7) is 2.85. The maximum absolute atomic E-state index is 13.5. The van der Waals surface area contributed by atoms with Gasteiger partial charge in [0.05, 0.1) is 18.1 Å². The van der Waals surface area contributed by atoms with Gasteiger partial charge >= 0.3 is 0 Å². The lowest BCUT2D eigenvalue weighted by atomic mass is 9.97. The van der Waals surface area contributed by atoms with Gasteiger partial charge in [-0.2, -0.15) is 4.31 Å². The van der Waals surface area contributed by atoms with Crippen LogP contribution in [-0.2, 0) is 19.6 Å². The van der Waals surface area contributed by atoms with Crippen LogP contribution in [0.15, 0.2) is 47.4 Å². The minimum absolute atomic E-state index is 0.0301. The van der Waals surface area contributed by atoms with Crippen LogP contribution in [0.5, 0.6) is 5.75 Å². The second kappa shape index (κ2) is 11.4. The van der Waals surface area contributed by atoms with Crippen molar-refractivity contribution in [1.29, 1.82) is 0 Å². The van der Waals surface area contributed by atoms with Crippen molar-refractivity contribution in [3.8, 4) is 5.75 Å². The van der Waals surface area contributed by atoms with E-state index in [0.717, 1.165) is 13.1 Å². The number of morpholine rings is 1. The molecule has 36 heavy (non-hydrogen) atoms. The molecule has 1 atom stereocenters. The van der Waals surface area contributed by atoms with Crippen molar-refractivity contribution in [1.82, 2.24) is 14.1 Å². The minimum atomic E-state index is -3.98. The molecule has 2 aliphatic rings. The van der Waals surface area contributed by atoms with Gasteiger partial charge in [-0.3, -0.25) is 4.79 Å². The van der Waals surface area contributed by atoms with E-state index < -0.39 is 15.6 Å². The van der Waals surface area contributed by atoms with Crippen LogP contribution in [0.1, 0.15) is 6.42 Å². The van der Waals surface area contributed by atoms with Gasteiger partial charge < -0.3 is 19.3 Å². The van der Waals surface area contributed by atoms with Crippen molar-refractivity contribution in [3.63, 3.8) is 0 Å². The Morgan fingerprint density at radius 2 is 1.75 bits per heavy atom. The molecule has 2 aromatic rings. The molecule has 0 unspecified atom stereocenters. The van der Waals surface area contributed by atoms with Gasteiger partial charge in [-0.15, -0.1) is 0 Å². The molecular formula is C24H28Cl3N3O5S. The summed E-state index contributed by atoms with van der Waals surface area (Å²) in [5, 5.41) is 0.868. The third-order valence-corrected chi connectivity index (χ3v) is 9.15. The fourth-order valence-electron chi connectivity index (χ4n) is 4.30. The van der Waals surface area contributed by atoms with E-state index in [-0.39, 0.29) is 48.5 Å². The van der Waals surface area contributed by atoms with Crippen LogP contribution in [0.25, 0.3) is 0 Å². The average Bonchev–Trinajstić information content (AvgIpc) is 2.83. The lowest BCUT2D eigenvalue weighted by Gasteiger charge is -2.43. The summed E-state index contributed by atoms with van der Waals surface area (Å²) >= 11 is 18.3. The van der Waals surface area contributed by atoms with E-state index in [4.69, 9.17) is 44.3 Å². The topological polar surface area (TPSA) is 79.4 Å². The molecule has 0 spiro atoms. The zero-order valence-electron chi connectivity index (χ0n) is 19.8. The summed E-state index contributed by atoms with van der Waals surface area (Å²) in [4.78, 5) is 17.2. The molecule has 12 heteroatoms. The summed E-state index contributed by atoms with van der Waals surface area (Å²) in [7, 11) is -1.97. The first kappa shape index (κ1) is 27.4. The van der Waals surface area contributed by atoms with Crippen LogP contribution in [0.2, 0.25) is 15.1 Å². The van der Waals surface area contributed by atoms with Gasteiger partial charge in [0.1, 0.15) is 22.9 Å². The van der Waals surface area contributed by atoms with E-state index in [0.29, 0.717) is 28.9 Å². The molecule has 2 aromatic carbocycles. The van der Waals surface area contributed by atoms with Crippen molar-refractivity contribution >= 4 is 50.7 Å². The Morgan fingerprint density at radius 1 is 1.03 bits per heavy atom. The molecule has 4 rings (SSSR count). The molecule has 0 bridgehead atoms. The first-order valence-corrected chi connectivity index (χ1v) is 14.1. The fourth-order valence-corrected chi connectivity index (χ4v) is 6.72. The van der Waals surface area contributed by atoms with Crippen molar-refractivity contribution in [2.75, 3.05) is 59.5 Å². The Labute approximate surface area is 226 Å². The second-order valence-electron chi connectivity index (χ2n) is 9.05. The third kappa shape index (κ3) is 6.45. The first-order valence-electron chi connectivity index (χ1n) is 11.5. The maximum Gasteiger partial charge on any atom is 0.244 e. The molecule has 1 amide bonds. The number of likely N-dealkylation sites (N-methyl/N-ethyl adjacent to an activating group) is 1. The molecule has 196 valence electrons. The van der Waals surface area contributed by atoms with E-state index in [9.17, 15) is 13.2 Å². The van der Waals surface area contributed by atoms with Gasteiger partial charge in [-0.25, -0.2) is 8.42 Å². The van der Waals surface area contributed by atoms with E-state index in [2.05, 4.69) is 4.90 Å². The molecule has 2 saturated heterocycles. The quantitative estimate of drug-likeness (QED) is 0.501. The predicted octanol–water partition coefficient (Wildman–Crippen LogP) is 3.65. The van der Waals surface area contributed by atoms with Gasteiger partial charge in [0.2, 0.25) is 15.9 Å². The number of hydrogen-bond donors (Lipinski definition) is 0. The molecule has 2 heterocycles. The molecule has 8 nitrogen and oxygen atoms in total. The average molecular weight is 577 g/mol. The number of halogens is 3. The molecule has 0 saturated carbocycles. The smallest absolute Gasteiger partial charge is 0.244 e. The van der Waals surface area contributed by atoms with Gasteiger partial charge in [-0.05, 0) is 43.4 Å². The third-order valence-electron chi connectivity index (χ3n) is 6.35. The number of piperazine rings is 1. The number of hydrogen-bond acceptors (Lipinski definition) is 6. The number of rotatable bonds is 7. The van der Waals surface area contributed by atoms with Gasteiger partial charge in [0.15, 0.2) is 0 Å². The Kier molecular flexibility index (Phi) is 8.71. The first-order chi connectivity index (χ1) is 17.1. The molecule has 2 fully saturated rings. The van der Waals surface area contributed by atoms with Crippen molar-refractivity contribution in [2.24, 2.45) is 0 Å². The van der Waals surface area contributed by atoms with Crippen LogP contribution in [-0.4, -0.2) is 93.6 Å². The number of carbonyl (C=O) groups excluding carboxylic acids is 1. The van der Waals surface area contributed by atoms with Crippen molar-refractivity contribution < 1.29 is 22.7 Å². The van der Waals surface area contributed by atoms with Gasteiger partial charge in [-0.1, -0.05) is 40.9 Å². The maximum atomic E-state index is 13.5. The molecule has 2 aliphatic heterocycles. The highest BCUT2D eigenvalue weighted by Gasteiger charge is 2.45. The highest BCUT2D eigenvalue weighted by molar-refractivity contribution is 7.89. The number of nitrogens with zero attached hydrogens (tertiary/aromatic N) is 3. The number of carbonyl (C=O) groups is 1. The summed E-state index contributed by atoms with van der Waals surface area (Å²) < 4.78 is 40.5. The Bertz CT molecular complexity index is 1210. The van der Waals surface area contributed by atoms with Gasteiger partial charge in [0.25, 0.3) is 0 Å². The van der Waals surface area contributed by atoms with E-state index in [1.165, 1.54) is 22.5 Å². The van der Waals surface area contributed by atoms with E-state index in [1.54, 1.807) is 29.2 Å². The predicted molar refractivity (Wildman–Crippen MR) is 140 cm³/mol. The van der Waals surface area contributed by atoms with Crippen LogP contribution >= 0.6 is 34.8 Å². The van der Waals surface area contributed by atoms with Gasteiger partial charge in [0, 0.05) is 49.3 Å². The zero-order valence-corrected chi connectivity index (χ0v) is 22.9. The fraction of sp³-hybridized carbons (Fsp3) is 0.458. The standard InChI is InChI=1S/C24H28Cl3N3O5S/c1-28-7-9-29(10-8-28)23(31)15-24(17-34-20-4-2-3-18(25)13-20)16-30(11-12-35-24)36(32,33)22-6-5-19(26)14-21(22)27/h2-6,13-14H,7-12,15-17H2,1H3/t24-/m0/s1. The summed E-state index contributed by atoms with van der Waals surface area (Å²) in [6, 6.07) is 11.1. The Balaban J connectivity index is 1.59. The SMILES string of the molecule is CN1CCN(C(=O)C[C@@]2(COc3cccc(Cl)c3)CN(S(=O)(=O)c3ccc(Cl)cc3Cl)CCO2)CC1. The Morgan fingerprint density at radius 3 is 2.44 bits per heavy atom. The summed E-state index contributed by atoms with van der Waals surface area (Å²) in [6.07, 6.45) is -0.0301. The molecule has 0 radical (unpaired) electrons. The zero-order chi connectivity index (χ0) is 25.9. The number of benzene rings is 2. The monoisotopic (exact) mass is 575 g/mol. The van der Waals surface area contributed by atoms with E-state index in [1.807, 2.05) is 7.05 Å². The van der Waals surface area contributed by atoms with Crippen molar-refractivity contribution in [3.05, 3.63) is 57.5 Å². The van der Waals surface area contributed by atoms with Crippen LogP contribution < -0.4 is 4.74 Å². The highest BCUT2D eigenvalue weighted by atomic mass is 35.5. The second-order valence-corrected chi connectivity index (χ2v) is 12.2. The largest absolute Gasteiger partial charge is 0.490 e. The highest BCUT2D eigenvalue weighted by Crippen LogP contribution is 2.32. The van der Waals surface area contributed by atoms with Crippen LogP contribution in [0.4, 0.5) is 0 Å².